The van der Waals surface area contributed by atoms with E-state index in [-0.39, 0.29) is 18.4 Å². The lowest BCUT2D eigenvalue weighted by molar-refractivity contribution is -0.115. The lowest BCUT2D eigenvalue weighted by Gasteiger charge is -2.11. The number of nitrogens with one attached hydrogen (secondary N) is 2. The lowest BCUT2D eigenvalue weighted by atomic mass is 10.0. The molecule has 124 valence electrons. The molecule has 0 fully saturated rings. The van der Waals surface area contributed by atoms with Crippen LogP contribution in [-0.2, 0) is 11.2 Å². The Kier molecular flexibility index (Phi) is 4.91. The van der Waals surface area contributed by atoms with Crippen molar-refractivity contribution in [2.75, 3.05) is 11.9 Å². The summed E-state index contributed by atoms with van der Waals surface area (Å²) in [6, 6.07) is 14.0. The van der Waals surface area contributed by atoms with E-state index in [1.807, 2.05) is 49.4 Å². The molecular formula is C19H21N3O2. The zero-order valence-electron chi connectivity index (χ0n) is 13.6. The molecule has 1 atom stereocenters. The second kappa shape index (κ2) is 7.27. The van der Waals surface area contributed by atoms with Gasteiger partial charge in [-0.25, -0.2) is 0 Å². The van der Waals surface area contributed by atoms with E-state index in [9.17, 15) is 4.79 Å². The molecule has 0 aliphatic carbocycles. The first-order chi connectivity index (χ1) is 11.7. The second-order valence-corrected chi connectivity index (χ2v) is 5.98. The summed E-state index contributed by atoms with van der Waals surface area (Å²) in [5.41, 5.74) is 1.91. The second-order valence-electron chi connectivity index (χ2n) is 5.98. The zero-order valence-corrected chi connectivity index (χ0v) is 13.6. The largest absolute Gasteiger partial charge is 0.396 e. The van der Waals surface area contributed by atoms with Crippen molar-refractivity contribution in [3.8, 4) is 0 Å². The standard InChI is InChI=1S/C19H21N3O2/c1-13(9-10-23)17-12-20-22-19(17)21-18(24)11-15-7-4-6-14-5-2-3-8-16(14)15/h2-8,12-13,23H,9-11H2,1H3,(H2,20,21,22,24). The molecule has 5 heteroatoms. The average Bonchev–Trinajstić information content (AvgIpc) is 3.03. The number of hydrogen-bond donors (Lipinski definition) is 3. The smallest absolute Gasteiger partial charge is 0.229 e. The van der Waals surface area contributed by atoms with E-state index in [0.717, 1.165) is 21.9 Å². The molecule has 24 heavy (non-hydrogen) atoms. The van der Waals surface area contributed by atoms with Crippen LogP contribution in [0, 0.1) is 0 Å². The van der Waals surface area contributed by atoms with Gasteiger partial charge in [0.25, 0.3) is 0 Å². The van der Waals surface area contributed by atoms with E-state index in [1.165, 1.54) is 0 Å². The van der Waals surface area contributed by atoms with Crippen molar-refractivity contribution in [1.82, 2.24) is 10.2 Å². The number of carbonyl (C=O) groups excluding carboxylic acids is 1. The Morgan fingerprint density at radius 2 is 2.04 bits per heavy atom. The summed E-state index contributed by atoms with van der Waals surface area (Å²) in [6.07, 6.45) is 2.63. The molecule has 3 aromatic rings. The third-order valence-electron chi connectivity index (χ3n) is 4.26. The van der Waals surface area contributed by atoms with Crippen LogP contribution in [0.15, 0.2) is 48.7 Å². The number of fused-ring (bicyclic) bond motifs is 1. The van der Waals surface area contributed by atoms with E-state index in [4.69, 9.17) is 5.11 Å². The predicted molar refractivity (Wildman–Crippen MR) is 95.0 cm³/mol. The summed E-state index contributed by atoms with van der Waals surface area (Å²) in [6.45, 7) is 2.11. The van der Waals surface area contributed by atoms with Gasteiger partial charge in [-0.15, -0.1) is 0 Å². The van der Waals surface area contributed by atoms with Crippen LogP contribution in [0.25, 0.3) is 10.8 Å². The number of carbonyl (C=O) groups is 1. The van der Waals surface area contributed by atoms with Crippen molar-refractivity contribution >= 4 is 22.5 Å². The fraction of sp³-hybridized carbons (Fsp3) is 0.263. The van der Waals surface area contributed by atoms with E-state index in [2.05, 4.69) is 15.5 Å². The van der Waals surface area contributed by atoms with Gasteiger partial charge in [0, 0.05) is 12.2 Å². The van der Waals surface area contributed by atoms with Crippen molar-refractivity contribution in [1.29, 1.82) is 0 Å². The molecule has 3 rings (SSSR count). The summed E-state index contributed by atoms with van der Waals surface area (Å²) >= 11 is 0. The van der Waals surface area contributed by atoms with Crippen molar-refractivity contribution in [2.24, 2.45) is 0 Å². The van der Waals surface area contributed by atoms with Gasteiger partial charge in [-0.05, 0) is 28.7 Å². The number of aliphatic hydroxyl groups excluding tert-OH is 1. The number of amides is 1. The third-order valence-corrected chi connectivity index (χ3v) is 4.26. The van der Waals surface area contributed by atoms with E-state index >= 15 is 0 Å². The molecule has 0 radical (unpaired) electrons. The number of aromatic nitrogens is 2. The molecule has 1 heterocycles. The van der Waals surface area contributed by atoms with Gasteiger partial charge in [0.1, 0.15) is 5.82 Å². The summed E-state index contributed by atoms with van der Waals surface area (Å²) < 4.78 is 0. The Morgan fingerprint density at radius 1 is 1.25 bits per heavy atom. The molecule has 0 aliphatic heterocycles. The third kappa shape index (κ3) is 3.46. The Balaban J connectivity index is 1.75. The Morgan fingerprint density at radius 3 is 2.88 bits per heavy atom. The van der Waals surface area contributed by atoms with Gasteiger partial charge in [0.2, 0.25) is 5.91 Å². The molecule has 2 aromatic carbocycles. The maximum atomic E-state index is 12.4. The topological polar surface area (TPSA) is 78.0 Å². The predicted octanol–water partition coefficient (Wildman–Crippen LogP) is 3.23. The van der Waals surface area contributed by atoms with Crippen molar-refractivity contribution in [3.05, 3.63) is 59.8 Å². The number of aliphatic hydroxyl groups is 1. The van der Waals surface area contributed by atoms with Crippen LogP contribution < -0.4 is 5.32 Å². The molecule has 3 N–H and O–H groups in total. The number of anilines is 1. The molecule has 0 saturated heterocycles. The number of hydrogen-bond acceptors (Lipinski definition) is 3. The summed E-state index contributed by atoms with van der Waals surface area (Å²) in [5.74, 6) is 0.649. The highest BCUT2D eigenvalue weighted by Crippen LogP contribution is 2.25. The molecule has 1 unspecified atom stereocenters. The molecule has 0 saturated carbocycles. The highest BCUT2D eigenvalue weighted by atomic mass is 16.3. The van der Waals surface area contributed by atoms with Crippen molar-refractivity contribution in [2.45, 2.75) is 25.7 Å². The molecule has 5 nitrogen and oxygen atoms in total. The maximum absolute atomic E-state index is 12.4. The van der Waals surface area contributed by atoms with Crippen LogP contribution >= 0.6 is 0 Å². The Hall–Kier alpha value is -2.66. The van der Waals surface area contributed by atoms with Gasteiger partial charge in [0.05, 0.1) is 12.6 Å². The van der Waals surface area contributed by atoms with E-state index in [1.54, 1.807) is 6.20 Å². The quantitative estimate of drug-likeness (QED) is 0.652. The molecule has 0 bridgehead atoms. The minimum Gasteiger partial charge on any atom is -0.396 e. The number of H-pyrrole nitrogens is 1. The van der Waals surface area contributed by atoms with Crippen molar-refractivity contribution < 1.29 is 9.90 Å². The first-order valence-electron chi connectivity index (χ1n) is 8.09. The Bertz CT molecular complexity index is 836. The highest BCUT2D eigenvalue weighted by Gasteiger charge is 2.15. The molecule has 1 amide bonds. The first-order valence-corrected chi connectivity index (χ1v) is 8.09. The summed E-state index contributed by atoms with van der Waals surface area (Å²) in [4.78, 5) is 12.4. The van der Waals surface area contributed by atoms with Crippen LogP contribution in [0.5, 0.6) is 0 Å². The molecule has 1 aromatic heterocycles. The van der Waals surface area contributed by atoms with Crippen LogP contribution in [0.1, 0.15) is 30.4 Å². The fourth-order valence-corrected chi connectivity index (χ4v) is 2.92. The van der Waals surface area contributed by atoms with Crippen LogP contribution in [-0.4, -0.2) is 27.8 Å². The van der Waals surface area contributed by atoms with Gasteiger partial charge >= 0.3 is 0 Å². The summed E-state index contributed by atoms with van der Waals surface area (Å²) in [5, 5.41) is 21.1. The number of aromatic amines is 1. The van der Waals surface area contributed by atoms with Gasteiger partial charge in [-0.1, -0.05) is 49.4 Å². The average molecular weight is 323 g/mol. The Labute approximate surface area is 140 Å². The normalized spacial score (nSPS) is 12.2. The molecule has 0 aliphatic rings. The van der Waals surface area contributed by atoms with E-state index < -0.39 is 0 Å². The van der Waals surface area contributed by atoms with Gasteiger partial charge in [-0.3, -0.25) is 9.89 Å². The van der Waals surface area contributed by atoms with Crippen LogP contribution in [0.2, 0.25) is 0 Å². The minimum absolute atomic E-state index is 0.0898. The minimum atomic E-state index is -0.0898. The monoisotopic (exact) mass is 323 g/mol. The van der Waals surface area contributed by atoms with Gasteiger partial charge < -0.3 is 10.4 Å². The maximum Gasteiger partial charge on any atom is 0.229 e. The summed E-state index contributed by atoms with van der Waals surface area (Å²) in [7, 11) is 0. The zero-order chi connectivity index (χ0) is 16.9. The fourth-order valence-electron chi connectivity index (χ4n) is 2.92. The van der Waals surface area contributed by atoms with Gasteiger partial charge in [0.15, 0.2) is 0 Å². The number of benzene rings is 2. The highest BCUT2D eigenvalue weighted by molar-refractivity contribution is 5.96. The van der Waals surface area contributed by atoms with Crippen LogP contribution in [0.3, 0.4) is 0 Å². The number of nitrogens with zero attached hydrogens (tertiary/aromatic N) is 1. The molecular weight excluding hydrogens is 302 g/mol. The first kappa shape index (κ1) is 16.2. The van der Waals surface area contributed by atoms with Gasteiger partial charge in [-0.2, -0.15) is 5.10 Å². The van der Waals surface area contributed by atoms with E-state index in [0.29, 0.717) is 18.7 Å². The SMILES string of the molecule is CC(CCO)c1cn[nH]c1NC(=O)Cc1cccc2ccccc12. The number of rotatable bonds is 6. The lowest BCUT2D eigenvalue weighted by Crippen LogP contribution is -2.16. The van der Waals surface area contributed by atoms with Crippen LogP contribution in [0.4, 0.5) is 5.82 Å². The molecule has 0 spiro atoms. The van der Waals surface area contributed by atoms with Crippen molar-refractivity contribution in [3.63, 3.8) is 0 Å².